The molecule has 5 nitrogen and oxygen atoms in total. The van der Waals surface area contributed by atoms with E-state index >= 15 is 0 Å². The monoisotopic (exact) mass is 181 g/mol. The zero-order chi connectivity index (χ0) is 9.30. The van der Waals surface area contributed by atoms with Crippen molar-refractivity contribution in [2.75, 3.05) is 6.61 Å². The van der Waals surface area contributed by atoms with Gasteiger partial charge in [-0.2, -0.15) is 0 Å². The van der Waals surface area contributed by atoms with Crippen LogP contribution in [0.5, 0.6) is 0 Å². The molecule has 0 radical (unpaired) electrons. The molecule has 0 aliphatic carbocycles. The summed E-state index contributed by atoms with van der Waals surface area (Å²) in [5.74, 6) is 0. The number of ether oxygens (including phenoxy) is 1. The van der Waals surface area contributed by atoms with Crippen LogP contribution in [-0.2, 0) is 4.74 Å². The van der Waals surface area contributed by atoms with Gasteiger partial charge in [-0.25, -0.2) is 4.39 Å². The summed E-state index contributed by atoms with van der Waals surface area (Å²) in [6, 6.07) is 0. The normalized spacial score (nSPS) is 49.2. The van der Waals surface area contributed by atoms with Crippen molar-refractivity contribution in [2.45, 2.75) is 30.8 Å². The first-order valence-corrected chi connectivity index (χ1v) is 3.52. The van der Waals surface area contributed by atoms with E-state index in [1.54, 1.807) is 0 Å². The highest BCUT2D eigenvalue weighted by atomic mass is 18.2. The molecule has 4 N–H and O–H groups in total. The van der Waals surface area contributed by atoms with Gasteiger partial charge in [0.05, 0.1) is 6.61 Å². The lowest BCUT2D eigenvalue weighted by molar-refractivity contribution is -0.271. The molecule has 6 heteroatoms. The Bertz CT molecular complexity index is 150. The van der Waals surface area contributed by atoms with E-state index in [1.165, 1.54) is 0 Å². The number of halogens is 1. The molecule has 72 valence electrons. The third-order valence-electron chi connectivity index (χ3n) is 1.82. The topological polar surface area (TPSA) is 90.2 Å². The number of aliphatic hydroxyl groups is 4. The predicted molar refractivity (Wildman–Crippen MR) is 34.9 cm³/mol. The second-order valence-corrected chi connectivity index (χ2v) is 2.67. The third-order valence-corrected chi connectivity index (χ3v) is 1.82. The number of hydrogen-bond acceptors (Lipinski definition) is 5. The van der Waals surface area contributed by atoms with Gasteiger partial charge >= 0.3 is 0 Å². The van der Waals surface area contributed by atoms with Gasteiger partial charge in [-0.15, -0.1) is 0 Å². The molecule has 1 fully saturated rings. The van der Waals surface area contributed by atoms with E-state index in [2.05, 4.69) is 4.74 Å². The van der Waals surface area contributed by atoms with Gasteiger partial charge in [0.15, 0.2) is 12.5 Å². The van der Waals surface area contributed by atoms with E-state index < -0.39 is 37.4 Å². The van der Waals surface area contributed by atoms with Crippen molar-refractivity contribution in [1.29, 1.82) is 0 Å². The molecule has 0 spiro atoms. The van der Waals surface area contributed by atoms with Crippen LogP contribution in [-0.4, -0.2) is 57.8 Å². The van der Waals surface area contributed by atoms with E-state index in [-0.39, 0.29) is 0 Å². The van der Waals surface area contributed by atoms with Crippen LogP contribution in [0.2, 0.25) is 0 Å². The summed E-state index contributed by atoms with van der Waals surface area (Å²) in [7, 11) is 0. The fraction of sp³-hybridized carbons (Fsp3) is 1.00. The van der Waals surface area contributed by atoms with Gasteiger partial charge < -0.3 is 25.2 Å². The fourth-order valence-electron chi connectivity index (χ4n) is 1.06. The molecule has 12 heavy (non-hydrogen) atoms. The van der Waals surface area contributed by atoms with Crippen LogP contribution in [0.4, 0.5) is 4.39 Å². The molecule has 1 aliphatic rings. The van der Waals surface area contributed by atoms with Crippen LogP contribution in [0.3, 0.4) is 0 Å². The summed E-state index contributed by atoms with van der Waals surface area (Å²) in [4.78, 5) is 0. The predicted octanol–water partition coefficient (Wildman–Crippen LogP) is -2.24. The highest BCUT2D eigenvalue weighted by Gasteiger charge is 2.43. The smallest absolute Gasteiger partial charge is 0.189 e. The second-order valence-electron chi connectivity index (χ2n) is 2.67. The van der Waals surface area contributed by atoms with Gasteiger partial charge in [0.1, 0.15) is 18.3 Å². The quantitative estimate of drug-likeness (QED) is 0.367. The van der Waals surface area contributed by atoms with Gasteiger partial charge in [-0.1, -0.05) is 0 Å². The summed E-state index contributed by atoms with van der Waals surface area (Å²) in [6.45, 7) is -0.581. The molecule has 1 aliphatic heterocycles. The van der Waals surface area contributed by atoms with Crippen molar-refractivity contribution in [3.05, 3.63) is 0 Å². The van der Waals surface area contributed by atoms with Crippen LogP contribution in [0.25, 0.3) is 0 Å². The maximum absolute atomic E-state index is 12.7. The molecular weight excluding hydrogens is 170 g/mol. The largest absolute Gasteiger partial charge is 0.394 e. The maximum Gasteiger partial charge on any atom is 0.189 e. The molecule has 0 saturated carbocycles. The minimum atomic E-state index is -2.04. The molecule has 5 atom stereocenters. The summed E-state index contributed by atoms with van der Waals surface area (Å²) < 4.78 is 17.1. The number of hydrogen-bond donors (Lipinski definition) is 4. The van der Waals surface area contributed by atoms with Crippen molar-refractivity contribution in [2.24, 2.45) is 0 Å². The highest BCUT2D eigenvalue weighted by Crippen LogP contribution is 2.21. The lowest BCUT2D eigenvalue weighted by Crippen LogP contribution is -2.56. The van der Waals surface area contributed by atoms with Crippen molar-refractivity contribution >= 4 is 0 Å². The Morgan fingerprint density at radius 3 is 2.25 bits per heavy atom. The van der Waals surface area contributed by atoms with Crippen LogP contribution in [0.1, 0.15) is 0 Å². The Morgan fingerprint density at radius 1 is 1.17 bits per heavy atom. The Balaban J connectivity index is 2.63. The molecule has 1 saturated heterocycles. The molecule has 0 aromatic carbocycles. The fourth-order valence-corrected chi connectivity index (χ4v) is 1.06. The van der Waals surface area contributed by atoms with Crippen LogP contribution in [0.15, 0.2) is 0 Å². The van der Waals surface area contributed by atoms with E-state index in [1.807, 2.05) is 0 Å². The first-order chi connectivity index (χ1) is 5.57. The molecule has 3 unspecified atom stereocenters. The van der Waals surface area contributed by atoms with E-state index in [9.17, 15) is 4.39 Å². The van der Waals surface area contributed by atoms with Gasteiger partial charge in [-0.3, -0.25) is 0 Å². The summed E-state index contributed by atoms with van der Waals surface area (Å²) in [5, 5.41) is 35.3. The average molecular weight is 181 g/mol. The molecule has 0 aromatic rings. The summed E-state index contributed by atoms with van der Waals surface area (Å²) >= 11 is 0. The van der Waals surface area contributed by atoms with E-state index in [0.717, 1.165) is 0 Å². The van der Waals surface area contributed by atoms with Crippen molar-refractivity contribution in [3.8, 4) is 0 Å². The minimum absolute atomic E-state index is 0.581. The number of alkyl halides is 1. The van der Waals surface area contributed by atoms with Gasteiger partial charge in [0.25, 0.3) is 0 Å². The van der Waals surface area contributed by atoms with Crippen LogP contribution < -0.4 is 0 Å². The van der Waals surface area contributed by atoms with Crippen LogP contribution >= 0.6 is 0 Å². The first kappa shape index (κ1) is 9.82. The van der Waals surface area contributed by atoms with Gasteiger partial charge in [-0.05, 0) is 0 Å². The standard InChI is InChI=1S/C6H11FO5/c7-3-5(10)4(9)2(1-8)12-6(3)11/h2-6,8-11H,1H2/t2?,3-,4+,5?,6?/m0/s1/i7-1. The molecule has 0 amide bonds. The lowest BCUT2D eigenvalue weighted by Gasteiger charge is -2.36. The molecule has 0 aromatic heterocycles. The van der Waals surface area contributed by atoms with Crippen molar-refractivity contribution in [1.82, 2.24) is 0 Å². The molecule has 1 heterocycles. The molecule has 1 rings (SSSR count). The first-order valence-electron chi connectivity index (χ1n) is 3.52. The van der Waals surface area contributed by atoms with Gasteiger partial charge in [0.2, 0.25) is 0 Å². The Hall–Kier alpha value is -0.270. The van der Waals surface area contributed by atoms with Crippen molar-refractivity contribution in [3.63, 3.8) is 0 Å². The minimum Gasteiger partial charge on any atom is -0.394 e. The second kappa shape index (κ2) is 3.63. The average Bonchev–Trinajstić information content (AvgIpc) is 2.08. The number of rotatable bonds is 1. The SMILES string of the molecule is OCC1OC(O)[C@@H]([18F])C(O)[C@@H]1O. The Kier molecular flexibility index (Phi) is 2.97. The van der Waals surface area contributed by atoms with Gasteiger partial charge in [0, 0.05) is 0 Å². The molecule has 0 bridgehead atoms. The van der Waals surface area contributed by atoms with E-state index in [4.69, 9.17) is 20.4 Å². The third kappa shape index (κ3) is 1.57. The maximum atomic E-state index is 12.7. The Morgan fingerprint density at radius 2 is 1.75 bits per heavy atom. The van der Waals surface area contributed by atoms with Crippen molar-refractivity contribution < 1.29 is 29.6 Å². The van der Waals surface area contributed by atoms with Crippen LogP contribution in [0, 0.1) is 0 Å². The lowest BCUT2D eigenvalue weighted by atomic mass is 10.0. The zero-order valence-corrected chi connectivity index (χ0v) is 6.17. The zero-order valence-electron chi connectivity index (χ0n) is 6.17. The Labute approximate surface area is 68.0 Å². The summed E-state index contributed by atoms with van der Waals surface area (Å²) in [5.41, 5.74) is 0. The number of aliphatic hydroxyl groups excluding tert-OH is 4. The van der Waals surface area contributed by atoms with E-state index in [0.29, 0.717) is 0 Å². The summed E-state index contributed by atoms with van der Waals surface area (Å²) in [6.07, 6.45) is -8.19. The highest BCUT2D eigenvalue weighted by molar-refractivity contribution is 4.88. The molecular formula is C6H11FO5.